The van der Waals surface area contributed by atoms with Crippen LogP contribution < -0.4 is 5.32 Å². The molecule has 4 heteroatoms. The first-order valence-electron chi connectivity index (χ1n) is 8.41. The highest BCUT2D eigenvalue weighted by atomic mass is 16.2. The van der Waals surface area contributed by atoms with Gasteiger partial charge in [0.15, 0.2) is 0 Å². The Morgan fingerprint density at radius 1 is 1.35 bits per heavy atom. The van der Waals surface area contributed by atoms with Gasteiger partial charge in [-0.2, -0.15) is 0 Å². The van der Waals surface area contributed by atoms with Crippen LogP contribution in [0.15, 0.2) is 24.3 Å². The van der Waals surface area contributed by atoms with Crippen molar-refractivity contribution >= 4 is 11.8 Å². The van der Waals surface area contributed by atoms with Crippen LogP contribution >= 0.6 is 0 Å². The number of likely N-dealkylation sites (tertiary alicyclic amines) is 1. The van der Waals surface area contributed by atoms with Gasteiger partial charge in [0.05, 0.1) is 5.92 Å². The fourth-order valence-corrected chi connectivity index (χ4v) is 3.05. The first-order chi connectivity index (χ1) is 10.8. The lowest BCUT2D eigenvalue weighted by atomic mass is 10.1. The van der Waals surface area contributed by atoms with Gasteiger partial charge >= 0.3 is 0 Å². The Morgan fingerprint density at radius 2 is 2.09 bits per heavy atom. The molecule has 1 fully saturated rings. The average Bonchev–Trinajstić information content (AvgIpc) is 2.86. The molecule has 1 aliphatic heterocycles. The lowest BCUT2D eigenvalue weighted by Crippen LogP contribution is -2.43. The van der Waals surface area contributed by atoms with Crippen LogP contribution in [0.4, 0.5) is 0 Å². The molecular formula is C19H28N2O2. The Kier molecular flexibility index (Phi) is 5.45. The van der Waals surface area contributed by atoms with Gasteiger partial charge in [-0.25, -0.2) is 0 Å². The zero-order chi connectivity index (χ0) is 17.0. The van der Waals surface area contributed by atoms with Crippen LogP contribution in [0.2, 0.25) is 0 Å². The predicted octanol–water partition coefficient (Wildman–Crippen LogP) is 2.69. The van der Waals surface area contributed by atoms with E-state index in [9.17, 15) is 9.59 Å². The zero-order valence-electron chi connectivity index (χ0n) is 14.7. The maximum absolute atomic E-state index is 12.2. The number of carbonyl (C=O) groups is 2. The lowest BCUT2D eigenvalue weighted by molar-refractivity contribution is -0.132. The van der Waals surface area contributed by atoms with E-state index in [4.69, 9.17) is 0 Å². The van der Waals surface area contributed by atoms with Crippen LogP contribution in [0.5, 0.6) is 0 Å². The Morgan fingerprint density at radius 3 is 2.70 bits per heavy atom. The molecule has 0 radical (unpaired) electrons. The number of amides is 2. The molecule has 1 saturated heterocycles. The molecule has 1 aliphatic rings. The molecule has 1 atom stereocenters. The van der Waals surface area contributed by atoms with E-state index in [1.807, 2.05) is 25.7 Å². The summed E-state index contributed by atoms with van der Waals surface area (Å²) in [5.74, 6) is -0.118. The second kappa shape index (κ2) is 7.16. The summed E-state index contributed by atoms with van der Waals surface area (Å²) < 4.78 is 0. The molecule has 0 spiro atoms. The van der Waals surface area contributed by atoms with Gasteiger partial charge in [-0.3, -0.25) is 9.59 Å². The van der Waals surface area contributed by atoms with Crippen LogP contribution in [-0.2, 0) is 16.0 Å². The van der Waals surface area contributed by atoms with Gasteiger partial charge in [0, 0.05) is 25.0 Å². The highest BCUT2D eigenvalue weighted by molar-refractivity contribution is 5.89. The summed E-state index contributed by atoms with van der Waals surface area (Å²) in [5, 5.41) is 2.98. The maximum atomic E-state index is 12.2. The summed E-state index contributed by atoms with van der Waals surface area (Å²) in [7, 11) is 0. The van der Waals surface area contributed by atoms with Crippen molar-refractivity contribution in [1.82, 2.24) is 10.2 Å². The molecule has 0 aliphatic carbocycles. The molecule has 2 amide bonds. The first kappa shape index (κ1) is 17.5. The summed E-state index contributed by atoms with van der Waals surface area (Å²) in [6.07, 6.45) is 2.21. The highest BCUT2D eigenvalue weighted by Gasteiger charge is 2.39. The third-order valence-corrected chi connectivity index (χ3v) is 4.33. The third-order valence-electron chi connectivity index (χ3n) is 4.33. The molecule has 0 bridgehead atoms. The van der Waals surface area contributed by atoms with Crippen LogP contribution in [0.25, 0.3) is 0 Å². The molecule has 126 valence electrons. The van der Waals surface area contributed by atoms with Crippen LogP contribution in [0, 0.1) is 12.8 Å². The van der Waals surface area contributed by atoms with E-state index in [2.05, 4.69) is 36.5 Å². The summed E-state index contributed by atoms with van der Waals surface area (Å²) in [6, 6.07) is 8.45. The Balaban J connectivity index is 1.74. The van der Waals surface area contributed by atoms with Gasteiger partial charge in [0.1, 0.15) is 0 Å². The van der Waals surface area contributed by atoms with E-state index in [0.29, 0.717) is 19.5 Å². The number of rotatable bonds is 5. The van der Waals surface area contributed by atoms with E-state index < -0.39 is 0 Å². The molecule has 1 aromatic carbocycles. The molecule has 1 unspecified atom stereocenters. The molecule has 1 aromatic rings. The molecule has 2 rings (SSSR count). The second-order valence-electron chi connectivity index (χ2n) is 7.46. The summed E-state index contributed by atoms with van der Waals surface area (Å²) >= 11 is 0. The van der Waals surface area contributed by atoms with Crippen LogP contribution in [0.3, 0.4) is 0 Å². The van der Waals surface area contributed by atoms with Gasteiger partial charge in [-0.05, 0) is 46.1 Å². The van der Waals surface area contributed by atoms with Crippen molar-refractivity contribution in [3.05, 3.63) is 35.4 Å². The van der Waals surface area contributed by atoms with Gasteiger partial charge in [0.25, 0.3) is 0 Å². The number of hydrogen-bond donors (Lipinski definition) is 1. The minimum Gasteiger partial charge on any atom is -0.356 e. The van der Waals surface area contributed by atoms with Gasteiger partial charge < -0.3 is 10.2 Å². The summed E-state index contributed by atoms with van der Waals surface area (Å²) in [4.78, 5) is 26.1. The van der Waals surface area contributed by atoms with E-state index >= 15 is 0 Å². The molecule has 23 heavy (non-hydrogen) atoms. The van der Waals surface area contributed by atoms with E-state index in [1.165, 1.54) is 11.1 Å². The molecule has 1 N–H and O–H groups in total. The Labute approximate surface area is 139 Å². The monoisotopic (exact) mass is 316 g/mol. The van der Waals surface area contributed by atoms with Gasteiger partial charge in [-0.1, -0.05) is 29.8 Å². The lowest BCUT2D eigenvalue weighted by Gasteiger charge is -2.31. The van der Waals surface area contributed by atoms with Crippen molar-refractivity contribution in [2.75, 3.05) is 13.1 Å². The normalized spacial score (nSPS) is 18.3. The van der Waals surface area contributed by atoms with E-state index in [-0.39, 0.29) is 23.3 Å². The zero-order valence-corrected chi connectivity index (χ0v) is 14.7. The SMILES string of the molecule is Cc1cccc(CCCNC(=O)C2CC(=O)N(C(C)(C)C)C2)c1. The van der Waals surface area contributed by atoms with Crippen molar-refractivity contribution in [3.8, 4) is 0 Å². The van der Waals surface area contributed by atoms with Crippen LogP contribution in [0.1, 0.15) is 44.7 Å². The van der Waals surface area contributed by atoms with Crippen LogP contribution in [-0.4, -0.2) is 35.3 Å². The number of nitrogens with one attached hydrogen (secondary N) is 1. The number of aryl methyl sites for hydroxylation is 2. The van der Waals surface area contributed by atoms with Crippen molar-refractivity contribution in [1.29, 1.82) is 0 Å². The number of hydrogen-bond acceptors (Lipinski definition) is 2. The highest BCUT2D eigenvalue weighted by Crippen LogP contribution is 2.25. The molecule has 4 nitrogen and oxygen atoms in total. The molecular weight excluding hydrogens is 288 g/mol. The standard InChI is InChI=1S/C19H28N2O2/c1-14-7-5-8-15(11-14)9-6-10-20-18(23)16-12-17(22)21(13-16)19(2,3)4/h5,7-8,11,16H,6,9-10,12-13H2,1-4H3,(H,20,23). The fraction of sp³-hybridized carbons (Fsp3) is 0.579. The van der Waals surface area contributed by atoms with E-state index in [1.54, 1.807) is 0 Å². The first-order valence-corrected chi connectivity index (χ1v) is 8.41. The molecule has 0 saturated carbocycles. The topological polar surface area (TPSA) is 49.4 Å². The minimum atomic E-state index is -0.211. The largest absolute Gasteiger partial charge is 0.356 e. The van der Waals surface area contributed by atoms with Gasteiger partial charge in [0.2, 0.25) is 11.8 Å². The summed E-state index contributed by atoms with van der Waals surface area (Å²) in [6.45, 7) is 9.30. The smallest absolute Gasteiger partial charge is 0.225 e. The molecule has 1 heterocycles. The molecule has 0 aromatic heterocycles. The van der Waals surface area contributed by atoms with Crippen molar-refractivity contribution in [2.24, 2.45) is 5.92 Å². The average molecular weight is 316 g/mol. The Hall–Kier alpha value is -1.84. The summed E-state index contributed by atoms with van der Waals surface area (Å²) in [5.41, 5.74) is 2.35. The van der Waals surface area contributed by atoms with Crippen molar-refractivity contribution in [3.63, 3.8) is 0 Å². The second-order valence-corrected chi connectivity index (χ2v) is 7.46. The number of nitrogens with zero attached hydrogens (tertiary/aromatic N) is 1. The third kappa shape index (κ3) is 4.81. The Bertz CT molecular complexity index is 575. The van der Waals surface area contributed by atoms with Crippen molar-refractivity contribution in [2.45, 2.75) is 52.5 Å². The number of carbonyl (C=O) groups excluding carboxylic acids is 2. The minimum absolute atomic E-state index is 0.00865. The number of benzene rings is 1. The van der Waals surface area contributed by atoms with Gasteiger partial charge in [-0.15, -0.1) is 0 Å². The van der Waals surface area contributed by atoms with Crippen molar-refractivity contribution < 1.29 is 9.59 Å². The fourth-order valence-electron chi connectivity index (χ4n) is 3.05. The predicted molar refractivity (Wildman–Crippen MR) is 92.1 cm³/mol. The van der Waals surface area contributed by atoms with E-state index in [0.717, 1.165) is 12.8 Å². The quantitative estimate of drug-likeness (QED) is 0.849. The maximum Gasteiger partial charge on any atom is 0.225 e.